The quantitative estimate of drug-likeness (QED) is 0.210. The third kappa shape index (κ3) is 11.8. The second-order valence-corrected chi connectivity index (χ2v) is 19.2. The Morgan fingerprint density at radius 2 is 0.900 bits per heavy atom. The van der Waals surface area contributed by atoms with Crippen LogP contribution >= 0.6 is 25.5 Å². The molecule has 0 amide bonds. The second kappa shape index (κ2) is 13.1. The zero-order chi connectivity index (χ0) is 24.6. The summed E-state index contributed by atoms with van der Waals surface area (Å²) in [4.78, 5) is 5.14. The Kier molecular flexibility index (Phi) is 14.3. The summed E-state index contributed by atoms with van der Waals surface area (Å²) in [6, 6.07) is 6.72. The van der Waals surface area contributed by atoms with E-state index in [-0.39, 0.29) is 15.8 Å². The molecule has 30 heavy (non-hydrogen) atoms. The Balaban J connectivity index is 0. The number of pyridine rings is 1. The minimum absolute atomic E-state index is 0.154. The Bertz CT molecular complexity index is 562. The van der Waals surface area contributed by atoms with Crippen molar-refractivity contribution in [3.63, 3.8) is 0 Å². The summed E-state index contributed by atoms with van der Waals surface area (Å²) < 4.78 is 0. The molecule has 0 unspecified atom stereocenters. The molecule has 1 aromatic heterocycles. The molecule has 0 saturated carbocycles. The van der Waals surface area contributed by atoms with E-state index in [1.165, 1.54) is 11.4 Å². The summed E-state index contributed by atoms with van der Waals surface area (Å²) in [5.74, 6) is 0. The number of hydrogen-bond donors (Lipinski definition) is 0. The van der Waals surface area contributed by atoms with Crippen LogP contribution in [0.5, 0.6) is 0 Å². The first-order chi connectivity index (χ1) is 13.4. The second-order valence-electron chi connectivity index (χ2n) is 11.5. The number of nitrogens with zero attached hydrogens (tertiary/aromatic N) is 3. The molecule has 7 heteroatoms. The van der Waals surface area contributed by atoms with Crippen LogP contribution in [0.25, 0.3) is 0 Å². The summed E-state index contributed by atoms with van der Waals surface area (Å²) in [5.41, 5.74) is 2.58. The molecule has 175 valence electrons. The summed E-state index contributed by atoms with van der Waals surface area (Å²) in [7, 11) is 4.26. The van der Waals surface area contributed by atoms with Crippen molar-refractivity contribution in [1.29, 1.82) is 10.8 Å². The Morgan fingerprint density at radius 3 is 1.10 bits per heavy atom. The van der Waals surface area contributed by atoms with Crippen LogP contribution in [0.1, 0.15) is 94.5 Å². The molecular formula is C23H43ClN3P2Ru. The summed E-state index contributed by atoms with van der Waals surface area (Å²) in [5, 5.41) is 13.4. The molecule has 0 aliphatic heterocycles. The van der Waals surface area contributed by atoms with Gasteiger partial charge in [-0.2, -0.15) is 0 Å². The van der Waals surface area contributed by atoms with Crippen molar-refractivity contribution in [2.75, 3.05) is 0 Å². The van der Waals surface area contributed by atoms with Gasteiger partial charge in [0.2, 0.25) is 0 Å². The Labute approximate surface area is 203 Å². The van der Waals surface area contributed by atoms with Crippen molar-refractivity contribution in [3.8, 4) is 0 Å². The summed E-state index contributed by atoms with van der Waals surface area (Å²) >= 11 is 1.82. The molecule has 0 radical (unpaired) electrons. The van der Waals surface area contributed by atoms with E-state index < -0.39 is 0 Å². The number of halogens is 1. The molecule has 1 aromatic rings. The van der Waals surface area contributed by atoms with E-state index in [2.05, 4.69) is 111 Å². The van der Waals surface area contributed by atoms with Gasteiger partial charge in [0.1, 0.15) is 0 Å². The van der Waals surface area contributed by atoms with Crippen LogP contribution < -0.4 is 0 Å². The zero-order valence-corrected chi connectivity index (χ0v) is 25.4. The van der Waals surface area contributed by atoms with Crippen LogP contribution in [0, 0.1) is 10.8 Å². The molecule has 0 spiro atoms. The topological polar surface area (TPSA) is 60.5 Å². The minimum atomic E-state index is -0.154. The van der Waals surface area contributed by atoms with Gasteiger partial charge in [0.05, 0.1) is 0 Å². The van der Waals surface area contributed by atoms with E-state index in [0.717, 1.165) is 12.3 Å². The normalized spacial score (nSPS) is 12.7. The number of rotatable bonds is 4. The van der Waals surface area contributed by atoms with Gasteiger partial charge in [-0.05, 0) is 32.8 Å². The first-order valence-electron chi connectivity index (χ1n) is 10.3. The molecular weight excluding hydrogens is 517 g/mol. The molecule has 0 aliphatic rings. The standard InChI is InChI=1S/C23H43NP2.ClH.N2.Ru/c1-20(2,3)25(21(4,5)6)16-18-14-13-15-19(24-18)17-26(22(7,8)9)23(10,11)12;;1-2;/h13-15H,16-17H2,1-12H3;1H;;/q;;;+1/p-1. The van der Waals surface area contributed by atoms with Crippen molar-refractivity contribution in [2.45, 2.75) is 116 Å². The van der Waals surface area contributed by atoms with Gasteiger partial charge in [0.25, 0.3) is 0 Å². The SMILES string of the molecule is CC(C)(C)P(Cc1cccc(CP(C(C)(C)C)C(C)(C)C)n1)C(C)(C)C.N#N.[Cl][Ru]. The molecule has 0 N–H and O–H groups in total. The van der Waals surface area contributed by atoms with Crippen molar-refractivity contribution in [3.05, 3.63) is 29.6 Å². The van der Waals surface area contributed by atoms with Crippen molar-refractivity contribution in [2.24, 2.45) is 0 Å². The Hall–Kier alpha value is 0.343. The predicted molar refractivity (Wildman–Crippen MR) is 134 cm³/mol. The van der Waals surface area contributed by atoms with Gasteiger partial charge in [-0.15, -0.1) is 0 Å². The van der Waals surface area contributed by atoms with Crippen LogP contribution in [0.4, 0.5) is 0 Å². The molecule has 1 rings (SSSR count). The van der Waals surface area contributed by atoms with Gasteiger partial charge in [0, 0.05) is 34.5 Å². The van der Waals surface area contributed by atoms with E-state index in [1.54, 1.807) is 0 Å². The fraction of sp³-hybridized carbons (Fsp3) is 0.783. The third-order valence-electron chi connectivity index (χ3n) is 4.74. The monoisotopic (exact) mass is 560 g/mol. The molecule has 0 bridgehead atoms. The van der Waals surface area contributed by atoms with Crippen LogP contribution in [-0.2, 0) is 29.6 Å². The fourth-order valence-corrected chi connectivity index (χ4v) is 10.9. The molecule has 0 atom stereocenters. The third-order valence-corrected chi connectivity index (χ3v) is 12.5. The van der Waals surface area contributed by atoms with E-state index in [0.29, 0.717) is 20.6 Å². The zero-order valence-electron chi connectivity index (χ0n) is 21.1. The first-order valence-corrected chi connectivity index (χ1v) is 15.6. The number of aromatic nitrogens is 1. The van der Waals surface area contributed by atoms with Crippen molar-refractivity contribution < 1.29 is 17.3 Å². The average Bonchev–Trinajstić information content (AvgIpc) is 2.58. The molecule has 3 nitrogen and oxygen atoms in total. The summed E-state index contributed by atoms with van der Waals surface area (Å²) in [6.07, 6.45) is 2.25. The van der Waals surface area contributed by atoms with Crippen molar-refractivity contribution in [1.82, 2.24) is 4.98 Å². The van der Waals surface area contributed by atoms with E-state index in [1.807, 2.05) is 17.3 Å². The maximum absolute atomic E-state index is 6.00. The molecule has 0 aromatic carbocycles. The fourth-order valence-electron chi connectivity index (χ4n) is 3.99. The number of hydrogen-bond acceptors (Lipinski definition) is 3. The summed E-state index contributed by atoms with van der Waals surface area (Å²) in [6.45, 7) is 28.7. The molecule has 0 saturated heterocycles. The van der Waals surface area contributed by atoms with E-state index >= 15 is 0 Å². The van der Waals surface area contributed by atoms with Gasteiger partial charge in [-0.1, -0.05) is 105 Å². The van der Waals surface area contributed by atoms with Crippen LogP contribution in [0.3, 0.4) is 0 Å². The van der Waals surface area contributed by atoms with Gasteiger partial charge in [-0.3, -0.25) is 4.98 Å². The van der Waals surface area contributed by atoms with Crippen LogP contribution in [0.2, 0.25) is 0 Å². The van der Waals surface area contributed by atoms with Crippen LogP contribution in [-0.4, -0.2) is 25.6 Å². The van der Waals surface area contributed by atoms with Gasteiger partial charge in [-0.25, -0.2) is 0 Å². The molecule has 0 aliphatic carbocycles. The Morgan fingerprint density at radius 1 is 0.667 bits per heavy atom. The first kappa shape index (κ1) is 32.5. The molecule has 0 fully saturated rings. The van der Waals surface area contributed by atoms with Crippen LogP contribution in [0.15, 0.2) is 18.2 Å². The average molecular weight is 560 g/mol. The van der Waals surface area contributed by atoms with E-state index in [4.69, 9.17) is 15.8 Å². The van der Waals surface area contributed by atoms with Gasteiger partial charge < -0.3 is 0 Å². The van der Waals surface area contributed by atoms with E-state index in [9.17, 15) is 0 Å². The van der Waals surface area contributed by atoms with Crippen molar-refractivity contribution >= 4 is 25.5 Å². The van der Waals surface area contributed by atoms with Gasteiger partial charge in [0.15, 0.2) is 0 Å². The predicted octanol–water partition coefficient (Wildman–Crippen LogP) is 8.96. The molecule has 1 heterocycles. The van der Waals surface area contributed by atoms with Gasteiger partial charge >= 0.3 is 27.0 Å². The maximum atomic E-state index is 6.00.